The number of hydrogen-bond acceptors (Lipinski definition) is 2. The summed E-state index contributed by atoms with van der Waals surface area (Å²) in [6.45, 7) is 1.84. The lowest BCUT2D eigenvalue weighted by Crippen LogP contribution is -2.38. The zero-order chi connectivity index (χ0) is 11.5. The molecular formula is C12H16Cl2N2O. The molecule has 3 nitrogen and oxygen atoms in total. The number of halogens is 2. The second-order valence-electron chi connectivity index (χ2n) is 4.04. The van der Waals surface area contributed by atoms with E-state index < -0.39 is 0 Å². The van der Waals surface area contributed by atoms with Gasteiger partial charge in [0.1, 0.15) is 0 Å². The Kier molecular flexibility index (Phi) is 5.25. The molecule has 1 fully saturated rings. The molecule has 0 radical (unpaired) electrons. The molecule has 1 saturated heterocycles. The van der Waals surface area contributed by atoms with Crippen LogP contribution in [0.1, 0.15) is 16.8 Å². The zero-order valence-electron chi connectivity index (χ0n) is 9.65. The molecule has 1 aromatic rings. The van der Waals surface area contributed by atoms with Crippen LogP contribution in [-0.2, 0) is 0 Å². The van der Waals surface area contributed by atoms with E-state index in [1.54, 1.807) is 17.0 Å². The summed E-state index contributed by atoms with van der Waals surface area (Å²) < 4.78 is 0. The van der Waals surface area contributed by atoms with Crippen LogP contribution in [0.5, 0.6) is 0 Å². The fraction of sp³-hybridized carbons (Fsp3) is 0.417. The first-order chi connectivity index (χ1) is 7.70. The van der Waals surface area contributed by atoms with Crippen LogP contribution in [0.4, 0.5) is 0 Å². The summed E-state index contributed by atoms with van der Waals surface area (Å²) >= 11 is 6.01. The number of hydrogen-bond donors (Lipinski definition) is 1. The van der Waals surface area contributed by atoms with Crippen LogP contribution in [0, 0.1) is 0 Å². The molecule has 0 spiro atoms. The fourth-order valence-electron chi connectivity index (χ4n) is 1.96. The van der Waals surface area contributed by atoms with E-state index in [9.17, 15) is 4.79 Å². The van der Waals surface area contributed by atoms with Gasteiger partial charge in [-0.1, -0.05) is 23.7 Å². The number of nitrogens with zero attached hydrogens (tertiary/aromatic N) is 1. The lowest BCUT2D eigenvalue weighted by atomic mass is 10.1. The van der Waals surface area contributed by atoms with Gasteiger partial charge in [-0.25, -0.2) is 0 Å². The first kappa shape index (κ1) is 14.3. The van der Waals surface area contributed by atoms with Gasteiger partial charge in [0.25, 0.3) is 5.91 Å². The largest absolute Gasteiger partial charge is 0.337 e. The Morgan fingerprint density at radius 2 is 2.18 bits per heavy atom. The number of carbonyl (C=O) groups excluding carboxylic acids is 1. The number of rotatable bonds is 2. The van der Waals surface area contributed by atoms with E-state index in [4.69, 9.17) is 11.6 Å². The van der Waals surface area contributed by atoms with E-state index in [0.29, 0.717) is 10.6 Å². The van der Waals surface area contributed by atoms with E-state index in [1.807, 2.05) is 19.2 Å². The highest BCUT2D eigenvalue weighted by molar-refractivity contribution is 6.33. The highest BCUT2D eigenvalue weighted by Gasteiger charge is 2.24. The Hall–Kier alpha value is -0.770. The third-order valence-electron chi connectivity index (χ3n) is 3.01. The lowest BCUT2D eigenvalue weighted by Gasteiger charge is -2.24. The maximum Gasteiger partial charge on any atom is 0.255 e. The van der Waals surface area contributed by atoms with Crippen molar-refractivity contribution in [3.05, 3.63) is 34.9 Å². The van der Waals surface area contributed by atoms with Gasteiger partial charge in [-0.2, -0.15) is 0 Å². The smallest absolute Gasteiger partial charge is 0.255 e. The first-order valence-corrected chi connectivity index (χ1v) is 5.80. The van der Waals surface area contributed by atoms with E-state index in [2.05, 4.69) is 5.32 Å². The molecule has 5 heteroatoms. The minimum Gasteiger partial charge on any atom is -0.337 e. The van der Waals surface area contributed by atoms with E-state index >= 15 is 0 Å². The van der Waals surface area contributed by atoms with Crippen molar-refractivity contribution in [3.63, 3.8) is 0 Å². The number of carbonyl (C=O) groups is 1. The molecule has 0 aromatic heterocycles. The fourth-order valence-corrected chi connectivity index (χ4v) is 2.18. The summed E-state index contributed by atoms with van der Waals surface area (Å²) in [5.74, 6) is -0.000648. The molecule has 0 bridgehead atoms. The third-order valence-corrected chi connectivity index (χ3v) is 3.34. The van der Waals surface area contributed by atoms with Crippen LogP contribution in [0.2, 0.25) is 5.02 Å². The molecule has 94 valence electrons. The number of amides is 1. The molecule has 0 saturated carbocycles. The van der Waals surface area contributed by atoms with Gasteiger partial charge in [0.15, 0.2) is 0 Å². The maximum absolute atomic E-state index is 12.2. The molecule has 1 heterocycles. The Labute approximate surface area is 113 Å². The van der Waals surface area contributed by atoms with Gasteiger partial charge in [0, 0.05) is 19.6 Å². The van der Waals surface area contributed by atoms with Crippen molar-refractivity contribution in [1.82, 2.24) is 10.2 Å². The van der Waals surface area contributed by atoms with Gasteiger partial charge < -0.3 is 10.2 Å². The van der Waals surface area contributed by atoms with Gasteiger partial charge in [-0.15, -0.1) is 12.4 Å². The van der Waals surface area contributed by atoms with Crippen LogP contribution in [-0.4, -0.2) is 37.0 Å². The van der Waals surface area contributed by atoms with Crippen molar-refractivity contribution < 1.29 is 4.79 Å². The standard InChI is InChI=1S/C12H15ClN2O.ClH/c1-15(9-6-7-14-8-9)12(16)10-4-2-3-5-11(10)13;/h2-5,9,14H,6-8H2,1H3;1H/t9-;/m1./s1. The Morgan fingerprint density at radius 3 is 2.76 bits per heavy atom. The maximum atomic E-state index is 12.2. The summed E-state index contributed by atoms with van der Waals surface area (Å²) in [5, 5.41) is 3.77. The molecule has 1 aliphatic rings. The topological polar surface area (TPSA) is 32.3 Å². The molecule has 1 atom stereocenters. The van der Waals surface area contributed by atoms with E-state index in [0.717, 1.165) is 19.5 Å². The second kappa shape index (κ2) is 6.24. The number of benzene rings is 1. The van der Waals surface area contributed by atoms with Gasteiger partial charge in [0.05, 0.1) is 10.6 Å². The predicted octanol–water partition coefficient (Wildman–Crippen LogP) is 2.20. The summed E-state index contributed by atoms with van der Waals surface area (Å²) in [6, 6.07) is 7.46. The quantitative estimate of drug-likeness (QED) is 0.897. The minimum absolute atomic E-state index is 0. The van der Waals surface area contributed by atoms with Crippen LogP contribution in [0.25, 0.3) is 0 Å². The van der Waals surface area contributed by atoms with Crippen molar-refractivity contribution in [3.8, 4) is 0 Å². The Balaban J connectivity index is 0.00000144. The molecule has 1 aromatic carbocycles. The van der Waals surface area contributed by atoms with E-state index in [1.165, 1.54) is 0 Å². The van der Waals surface area contributed by atoms with Crippen molar-refractivity contribution in [2.75, 3.05) is 20.1 Å². The van der Waals surface area contributed by atoms with Crippen molar-refractivity contribution in [1.29, 1.82) is 0 Å². The second-order valence-corrected chi connectivity index (χ2v) is 4.45. The summed E-state index contributed by atoms with van der Waals surface area (Å²) in [7, 11) is 1.84. The SMILES string of the molecule is CN(C(=O)c1ccccc1Cl)[C@@H]1CCNC1.Cl. The van der Waals surface area contributed by atoms with Crippen molar-refractivity contribution in [2.24, 2.45) is 0 Å². The monoisotopic (exact) mass is 274 g/mol. The molecule has 2 rings (SSSR count). The average molecular weight is 275 g/mol. The molecular weight excluding hydrogens is 259 g/mol. The van der Waals surface area contributed by atoms with Crippen LogP contribution >= 0.6 is 24.0 Å². The molecule has 0 aliphatic carbocycles. The van der Waals surface area contributed by atoms with Gasteiger partial charge in [0.2, 0.25) is 0 Å². The van der Waals surface area contributed by atoms with Crippen molar-refractivity contribution >= 4 is 29.9 Å². The normalized spacial score (nSPS) is 18.6. The molecule has 17 heavy (non-hydrogen) atoms. The highest BCUT2D eigenvalue weighted by Crippen LogP contribution is 2.18. The van der Waals surface area contributed by atoms with Gasteiger partial charge >= 0.3 is 0 Å². The number of nitrogens with one attached hydrogen (secondary N) is 1. The highest BCUT2D eigenvalue weighted by atomic mass is 35.5. The molecule has 1 N–H and O–H groups in total. The molecule has 1 aliphatic heterocycles. The molecule has 1 amide bonds. The first-order valence-electron chi connectivity index (χ1n) is 5.42. The Bertz CT molecular complexity index is 392. The summed E-state index contributed by atoms with van der Waals surface area (Å²) in [4.78, 5) is 13.9. The van der Waals surface area contributed by atoms with Gasteiger partial charge in [-0.05, 0) is 25.1 Å². The van der Waals surface area contributed by atoms with Crippen LogP contribution in [0.15, 0.2) is 24.3 Å². The average Bonchev–Trinajstić information content (AvgIpc) is 2.81. The van der Waals surface area contributed by atoms with Crippen molar-refractivity contribution in [2.45, 2.75) is 12.5 Å². The molecule has 0 unspecified atom stereocenters. The van der Waals surface area contributed by atoms with E-state index in [-0.39, 0.29) is 24.4 Å². The summed E-state index contributed by atoms with van der Waals surface area (Å²) in [6.07, 6.45) is 1.01. The van der Waals surface area contributed by atoms with Gasteiger partial charge in [-0.3, -0.25) is 4.79 Å². The summed E-state index contributed by atoms with van der Waals surface area (Å²) in [5.41, 5.74) is 0.582. The zero-order valence-corrected chi connectivity index (χ0v) is 11.2. The lowest BCUT2D eigenvalue weighted by molar-refractivity contribution is 0.0744. The third kappa shape index (κ3) is 3.12. The van der Waals surface area contributed by atoms with Crippen LogP contribution in [0.3, 0.4) is 0 Å². The Morgan fingerprint density at radius 1 is 1.47 bits per heavy atom. The predicted molar refractivity (Wildman–Crippen MR) is 72.1 cm³/mol. The van der Waals surface area contributed by atoms with Crippen LogP contribution < -0.4 is 5.32 Å². The minimum atomic E-state index is -0.000648. The number of likely N-dealkylation sites (N-methyl/N-ethyl adjacent to an activating group) is 1.